The van der Waals surface area contributed by atoms with Crippen molar-refractivity contribution in [2.24, 2.45) is 5.92 Å². The molecule has 18 heavy (non-hydrogen) atoms. The zero-order chi connectivity index (χ0) is 13.3. The molecular weight excluding hydrogens is 254 g/mol. The number of nitrogens with one attached hydrogen (secondary N) is 1. The van der Waals surface area contributed by atoms with E-state index >= 15 is 0 Å². The number of nitrogens with two attached hydrogens (primary N) is 1. The number of nitrogens with zero attached hydrogens (tertiary/aromatic N) is 1. The van der Waals surface area contributed by atoms with Gasteiger partial charge in [0.05, 0.1) is 11.6 Å². The number of carboxylic acid groups (broad SMARTS) is 1. The van der Waals surface area contributed by atoms with Crippen LogP contribution >= 0.6 is 11.3 Å². The average Bonchev–Trinajstić information content (AvgIpc) is 2.85. The lowest BCUT2D eigenvalue weighted by Gasteiger charge is -2.11. The van der Waals surface area contributed by atoms with Crippen LogP contribution in [0.1, 0.15) is 21.8 Å². The average molecular weight is 267 g/mol. The first-order chi connectivity index (χ1) is 8.47. The normalized spacial score (nSPS) is 22.1. The number of thiazole rings is 1. The first-order valence-electron chi connectivity index (χ1n) is 5.42. The molecule has 1 aliphatic rings. The Morgan fingerprint density at radius 1 is 1.56 bits per heavy atom. The fourth-order valence-corrected chi connectivity index (χ4v) is 2.59. The van der Waals surface area contributed by atoms with E-state index in [1.54, 1.807) is 19.1 Å². The van der Waals surface area contributed by atoms with Crippen molar-refractivity contribution >= 4 is 28.3 Å². The monoisotopic (exact) mass is 267 g/mol. The van der Waals surface area contributed by atoms with Gasteiger partial charge in [0.25, 0.3) is 5.91 Å². The first-order valence-corrected chi connectivity index (χ1v) is 6.24. The summed E-state index contributed by atoms with van der Waals surface area (Å²) in [6, 6.07) is -0.249. The number of anilines is 1. The highest BCUT2D eigenvalue weighted by Crippen LogP contribution is 2.22. The van der Waals surface area contributed by atoms with Crippen LogP contribution in [0.5, 0.6) is 0 Å². The van der Waals surface area contributed by atoms with E-state index in [0.29, 0.717) is 22.1 Å². The van der Waals surface area contributed by atoms with E-state index in [1.165, 1.54) is 0 Å². The van der Waals surface area contributed by atoms with Gasteiger partial charge in [0.15, 0.2) is 5.13 Å². The zero-order valence-electron chi connectivity index (χ0n) is 9.71. The quantitative estimate of drug-likeness (QED) is 0.702. The van der Waals surface area contributed by atoms with Gasteiger partial charge in [-0.1, -0.05) is 23.5 Å². The fourth-order valence-electron chi connectivity index (χ4n) is 1.85. The van der Waals surface area contributed by atoms with Gasteiger partial charge in [0, 0.05) is 6.04 Å². The minimum atomic E-state index is -0.874. The van der Waals surface area contributed by atoms with Crippen molar-refractivity contribution in [1.29, 1.82) is 0 Å². The Morgan fingerprint density at radius 3 is 2.78 bits per heavy atom. The molecule has 0 aromatic carbocycles. The summed E-state index contributed by atoms with van der Waals surface area (Å²) in [5.74, 6) is -1.66. The SMILES string of the molecule is Cc1nc(N)sc1C(=O)NC1C=CC(C(=O)O)C1. The smallest absolute Gasteiger partial charge is 0.310 e. The number of carbonyl (C=O) groups is 2. The molecule has 0 bridgehead atoms. The largest absolute Gasteiger partial charge is 0.481 e. The summed E-state index contributed by atoms with van der Waals surface area (Å²) in [7, 11) is 0. The van der Waals surface area contributed by atoms with Crippen molar-refractivity contribution in [2.75, 3.05) is 5.73 Å². The lowest BCUT2D eigenvalue weighted by molar-refractivity contribution is -0.140. The molecule has 0 spiro atoms. The van der Waals surface area contributed by atoms with Gasteiger partial charge in [0.1, 0.15) is 4.88 Å². The summed E-state index contributed by atoms with van der Waals surface area (Å²) >= 11 is 1.13. The number of nitrogen functional groups attached to an aromatic ring is 1. The molecule has 2 rings (SSSR count). The third-order valence-corrected chi connectivity index (χ3v) is 3.72. The van der Waals surface area contributed by atoms with Crippen molar-refractivity contribution < 1.29 is 14.7 Å². The Morgan fingerprint density at radius 2 is 2.28 bits per heavy atom. The van der Waals surface area contributed by atoms with Crippen LogP contribution in [0.25, 0.3) is 0 Å². The van der Waals surface area contributed by atoms with Crippen molar-refractivity contribution in [3.8, 4) is 0 Å². The van der Waals surface area contributed by atoms with E-state index < -0.39 is 11.9 Å². The molecule has 7 heteroatoms. The van der Waals surface area contributed by atoms with Crippen LogP contribution in [0.3, 0.4) is 0 Å². The third-order valence-electron chi connectivity index (χ3n) is 2.74. The van der Waals surface area contributed by atoms with Gasteiger partial charge in [-0.2, -0.15) is 0 Å². The number of aryl methyl sites for hydroxylation is 1. The number of aliphatic carboxylic acids is 1. The minimum absolute atomic E-state index is 0.249. The number of rotatable bonds is 3. The molecule has 1 aliphatic carbocycles. The third kappa shape index (κ3) is 2.51. The molecule has 0 aliphatic heterocycles. The maximum absolute atomic E-state index is 11.9. The van der Waals surface area contributed by atoms with Crippen LogP contribution < -0.4 is 11.1 Å². The first kappa shape index (κ1) is 12.6. The maximum Gasteiger partial charge on any atom is 0.310 e. The molecule has 1 heterocycles. The van der Waals surface area contributed by atoms with Crippen LogP contribution in [0.2, 0.25) is 0 Å². The molecule has 6 nitrogen and oxygen atoms in total. The van der Waals surface area contributed by atoms with E-state index in [4.69, 9.17) is 10.8 Å². The van der Waals surface area contributed by atoms with Crippen LogP contribution in [0.4, 0.5) is 5.13 Å². The van der Waals surface area contributed by atoms with Gasteiger partial charge in [-0.15, -0.1) is 0 Å². The Bertz CT molecular complexity index is 524. The summed E-state index contributed by atoms with van der Waals surface area (Å²) in [5, 5.41) is 12.0. The van der Waals surface area contributed by atoms with Crippen molar-refractivity contribution in [1.82, 2.24) is 10.3 Å². The van der Waals surface area contributed by atoms with Crippen LogP contribution in [0.15, 0.2) is 12.2 Å². The summed E-state index contributed by atoms with van der Waals surface area (Å²) < 4.78 is 0. The molecule has 4 N–H and O–H groups in total. The van der Waals surface area contributed by atoms with E-state index in [1.807, 2.05) is 0 Å². The summed E-state index contributed by atoms with van der Waals surface area (Å²) in [6.07, 6.45) is 3.69. The summed E-state index contributed by atoms with van der Waals surface area (Å²) in [5.41, 5.74) is 6.11. The molecule has 0 saturated carbocycles. The Balaban J connectivity index is 2.00. The zero-order valence-corrected chi connectivity index (χ0v) is 10.5. The number of amides is 1. The number of carboxylic acids is 1. The predicted molar refractivity (Wildman–Crippen MR) is 67.4 cm³/mol. The predicted octanol–water partition coefficient (Wildman–Crippen LogP) is 0.793. The Kier molecular flexibility index (Phi) is 3.33. The molecule has 0 saturated heterocycles. The van der Waals surface area contributed by atoms with E-state index in [0.717, 1.165) is 11.3 Å². The standard InChI is InChI=1S/C11H13N3O3S/c1-5-8(18-11(12)13-5)9(15)14-7-3-2-6(4-7)10(16)17/h2-3,6-7H,4H2,1H3,(H2,12,13)(H,14,15)(H,16,17). The van der Waals surface area contributed by atoms with Crippen LogP contribution in [0, 0.1) is 12.8 Å². The highest BCUT2D eigenvalue weighted by molar-refractivity contribution is 7.17. The number of aromatic nitrogens is 1. The molecule has 0 radical (unpaired) electrons. The molecule has 1 aromatic rings. The van der Waals surface area contributed by atoms with E-state index in [2.05, 4.69) is 10.3 Å². The second-order valence-electron chi connectivity index (χ2n) is 4.11. The maximum atomic E-state index is 11.9. The van der Waals surface area contributed by atoms with Crippen molar-refractivity contribution in [3.63, 3.8) is 0 Å². The van der Waals surface area contributed by atoms with E-state index in [9.17, 15) is 9.59 Å². The van der Waals surface area contributed by atoms with Gasteiger partial charge in [-0.05, 0) is 13.3 Å². The molecule has 2 atom stereocenters. The molecule has 2 unspecified atom stereocenters. The Labute approximate surface area is 108 Å². The minimum Gasteiger partial charge on any atom is -0.481 e. The van der Waals surface area contributed by atoms with Crippen LogP contribution in [-0.4, -0.2) is 28.0 Å². The molecule has 96 valence electrons. The summed E-state index contributed by atoms with van der Waals surface area (Å²) in [4.78, 5) is 27.2. The second-order valence-corrected chi connectivity index (χ2v) is 5.14. The number of hydrogen-bond donors (Lipinski definition) is 3. The van der Waals surface area contributed by atoms with Crippen LogP contribution in [-0.2, 0) is 4.79 Å². The van der Waals surface area contributed by atoms with Gasteiger partial charge in [-0.25, -0.2) is 4.98 Å². The number of hydrogen-bond acceptors (Lipinski definition) is 5. The van der Waals surface area contributed by atoms with Crippen molar-refractivity contribution in [2.45, 2.75) is 19.4 Å². The second kappa shape index (κ2) is 4.77. The number of carbonyl (C=O) groups excluding carboxylic acids is 1. The van der Waals surface area contributed by atoms with Gasteiger partial charge < -0.3 is 16.2 Å². The van der Waals surface area contributed by atoms with E-state index in [-0.39, 0.29) is 11.9 Å². The fraction of sp³-hybridized carbons (Fsp3) is 0.364. The molecule has 0 fully saturated rings. The Hall–Kier alpha value is -1.89. The molecular formula is C11H13N3O3S. The van der Waals surface area contributed by atoms with Gasteiger partial charge in [-0.3, -0.25) is 9.59 Å². The molecule has 1 amide bonds. The summed E-state index contributed by atoms with van der Waals surface area (Å²) in [6.45, 7) is 1.71. The highest BCUT2D eigenvalue weighted by atomic mass is 32.1. The van der Waals surface area contributed by atoms with Gasteiger partial charge >= 0.3 is 5.97 Å². The lowest BCUT2D eigenvalue weighted by Crippen LogP contribution is -2.33. The van der Waals surface area contributed by atoms with Gasteiger partial charge in [0.2, 0.25) is 0 Å². The van der Waals surface area contributed by atoms with Crippen molar-refractivity contribution in [3.05, 3.63) is 22.7 Å². The molecule has 1 aromatic heterocycles. The highest BCUT2D eigenvalue weighted by Gasteiger charge is 2.26. The lowest BCUT2D eigenvalue weighted by atomic mass is 10.1. The topological polar surface area (TPSA) is 105 Å².